The molecule has 120 valence electrons. The van der Waals surface area contributed by atoms with E-state index in [1.807, 2.05) is 0 Å². The van der Waals surface area contributed by atoms with Gasteiger partial charge in [0.05, 0.1) is 0 Å². The van der Waals surface area contributed by atoms with E-state index >= 15 is 0 Å². The van der Waals surface area contributed by atoms with E-state index in [9.17, 15) is 13.2 Å². The molecule has 8 nitrogen and oxygen atoms in total. The van der Waals surface area contributed by atoms with Crippen LogP contribution < -0.4 is 10.0 Å². The summed E-state index contributed by atoms with van der Waals surface area (Å²) in [5, 5.41) is 6.05. The summed E-state index contributed by atoms with van der Waals surface area (Å²) in [5.41, 5.74) is -0.305. The van der Waals surface area contributed by atoms with Gasteiger partial charge in [-0.05, 0) is 34.6 Å². The largest absolute Gasteiger partial charge is 0.444 e. The molecule has 9 heteroatoms. The van der Waals surface area contributed by atoms with E-state index in [4.69, 9.17) is 9.26 Å². The third-order valence-electron chi connectivity index (χ3n) is 2.32. The average Bonchev–Trinajstić information content (AvgIpc) is 2.63. The standard InChI is InChI=1S/C12H21N3O5S/c1-8-10(9(2)20-15-8)21(17,18)14-7-6-13-11(16)19-12(3,4)5/h14H,6-7H2,1-5H3,(H,13,16). The van der Waals surface area contributed by atoms with Crippen molar-refractivity contribution < 1.29 is 22.5 Å². The molecule has 21 heavy (non-hydrogen) atoms. The van der Waals surface area contributed by atoms with Gasteiger partial charge in [0, 0.05) is 13.1 Å². The highest BCUT2D eigenvalue weighted by Gasteiger charge is 2.23. The van der Waals surface area contributed by atoms with Gasteiger partial charge in [-0.15, -0.1) is 0 Å². The van der Waals surface area contributed by atoms with Crippen molar-refractivity contribution in [2.45, 2.75) is 45.1 Å². The Hall–Kier alpha value is -1.61. The lowest BCUT2D eigenvalue weighted by Crippen LogP contribution is -2.38. The van der Waals surface area contributed by atoms with Crippen molar-refractivity contribution >= 4 is 16.1 Å². The highest BCUT2D eigenvalue weighted by atomic mass is 32.2. The van der Waals surface area contributed by atoms with Crippen LogP contribution in [0.15, 0.2) is 9.42 Å². The molecule has 0 spiro atoms. The van der Waals surface area contributed by atoms with Crippen LogP contribution >= 0.6 is 0 Å². The SMILES string of the molecule is Cc1noc(C)c1S(=O)(=O)NCCNC(=O)OC(C)(C)C. The maximum atomic E-state index is 12.1. The molecular weight excluding hydrogens is 298 g/mol. The minimum absolute atomic E-state index is 0.0276. The molecular formula is C12H21N3O5S. The zero-order valence-electron chi connectivity index (χ0n) is 12.8. The van der Waals surface area contributed by atoms with Gasteiger partial charge in [-0.25, -0.2) is 17.9 Å². The molecule has 0 aliphatic rings. The first-order valence-electron chi connectivity index (χ1n) is 6.42. The number of nitrogens with zero attached hydrogens (tertiary/aromatic N) is 1. The van der Waals surface area contributed by atoms with E-state index in [1.54, 1.807) is 27.7 Å². The lowest BCUT2D eigenvalue weighted by Gasteiger charge is -2.19. The molecule has 0 bridgehead atoms. The third-order valence-corrected chi connectivity index (χ3v) is 4.03. The highest BCUT2D eigenvalue weighted by molar-refractivity contribution is 7.89. The molecule has 0 saturated heterocycles. The van der Waals surface area contributed by atoms with Crippen LogP contribution in [0.3, 0.4) is 0 Å². The summed E-state index contributed by atoms with van der Waals surface area (Å²) in [6.07, 6.45) is -0.598. The Kier molecular flexibility index (Phi) is 5.35. The van der Waals surface area contributed by atoms with E-state index < -0.39 is 21.7 Å². The van der Waals surface area contributed by atoms with Crippen LogP contribution in [0.5, 0.6) is 0 Å². The van der Waals surface area contributed by atoms with Crippen molar-refractivity contribution in [1.29, 1.82) is 0 Å². The number of amides is 1. The average molecular weight is 319 g/mol. The number of sulfonamides is 1. The number of carbonyl (C=O) groups is 1. The predicted octanol–water partition coefficient (Wildman–Crippen LogP) is 1.09. The van der Waals surface area contributed by atoms with Crippen molar-refractivity contribution in [3.05, 3.63) is 11.5 Å². The first-order chi connectivity index (χ1) is 9.53. The predicted molar refractivity (Wildman–Crippen MR) is 75.4 cm³/mol. The smallest absolute Gasteiger partial charge is 0.407 e. The number of ether oxygens (including phenoxy) is 1. The molecule has 1 heterocycles. The van der Waals surface area contributed by atoms with Crippen LogP contribution in [-0.2, 0) is 14.8 Å². The van der Waals surface area contributed by atoms with Crippen molar-refractivity contribution in [1.82, 2.24) is 15.2 Å². The minimum Gasteiger partial charge on any atom is -0.444 e. The Balaban J connectivity index is 2.48. The first-order valence-corrected chi connectivity index (χ1v) is 7.90. The number of alkyl carbamates (subject to hydrolysis) is 1. The van der Waals surface area contributed by atoms with Gasteiger partial charge in [-0.3, -0.25) is 0 Å². The first kappa shape index (κ1) is 17.4. The van der Waals surface area contributed by atoms with Crippen LogP contribution in [0.4, 0.5) is 4.79 Å². The van der Waals surface area contributed by atoms with Crippen molar-refractivity contribution in [3.63, 3.8) is 0 Å². The summed E-state index contributed by atoms with van der Waals surface area (Å²) in [6, 6.07) is 0. The Morgan fingerprint density at radius 3 is 2.38 bits per heavy atom. The summed E-state index contributed by atoms with van der Waals surface area (Å²) < 4.78 is 36.3. The number of aryl methyl sites for hydroxylation is 2. The molecule has 0 atom stereocenters. The Morgan fingerprint density at radius 1 is 1.29 bits per heavy atom. The van der Waals surface area contributed by atoms with Gasteiger partial charge in [0.2, 0.25) is 10.0 Å². The molecule has 0 fully saturated rings. The zero-order valence-corrected chi connectivity index (χ0v) is 13.6. The molecule has 0 aliphatic carbocycles. The fraction of sp³-hybridized carbons (Fsp3) is 0.667. The molecule has 2 N–H and O–H groups in total. The number of hydrogen-bond acceptors (Lipinski definition) is 6. The molecule has 1 aromatic rings. The molecule has 0 saturated carbocycles. The lowest BCUT2D eigenvalue weighted by molar-refractivity contribution is 0.0529. The van der Waals surface area contributed by atoms with E-state index in [0.717, 1.165) is 0 Å². The van der Waals surface area contributed by atoms with Gasteiger partial charge in [0.15, 0.2) is 5.76 Å². The summed E-state index contributed by atoms with van der Waals surface area (Å²) in [6.45, 7) is 8.44. The number of aromatic nitrogens is 1. The molecule has 0 radical (unpaired) electrons. The van der Waals surface area contributed by atoms with Gasteiger partial charge in [0.25, 0.3) is 0 Å². The van der Waals surface area contributed by atoms with Crippen LogP contribution in [0.1, 0.15) is 32.2 Å². The number of carbonyl (C=O) groups excluding carboxylic acids is 1. The monoisotopic (exact) mass is 319 g/mol. The maximum Gasteiger partial charge on any atom is 0.407 e. The number of hydrogen-bond donors (Lipinski definition) is 2. The van der Waals surface area contributed by atoms with E-state index in [0.29, 0.717) is 5.69 Å². The second-order valence-corrected chi connectivity index (χ2v) is 7.18. The van der Waals surface area contributed by atoms with Gasteiger partial charge < -0.3 is 14.6 Å². The number of nitrogens with one attached hydrogen (secondary N) is 2. The zero-order chi connectivity index (χ0) is 16.3. The van der Waals surface area contributed by atoms with Crippen molar-refractivity contribution in [2.75, 3.05) is 13.1 Å². The molecule has 1 rings (SSSR count). The molecule has 0 unspecified atom stereocenters. The molecule has 0 aliphatic heterocycles. The van der Waals surface area contributed by atoms with E-state index in [-0.39, 0.29) is 23.7 Å². The second-order valence-electron chi connectivity index (χ2n) is 5.48. The molecule has 0 aromatic carbocycles. The second kappa shape index (κ2) is 6.44. The quantitative estimate of drug-likeness (QED) is 0.786. The fourth-order valence-electron chi connectivity index (χ4n) is 1.59. The molecule has 1 aromatic heterocycles. The third kappa shape index (κ3) is 5.35. The summed E-state index contributed by atoms with van der Waals surface area (Å²) in [4.78, 5) is 11.4. The summed E-state index contributed by atoms with van der Waals surface area (Å²) in [7, 11) is -3.71. The van der Waals surface area contributed by atoms with Gasteiger partial charge in [0.1, 0.15) is 16.2 Å². The normalized spacial score (nSPS) is 12.2. The minimum atomic E-state index is -3.71. The molecule has 1 amide bonds. The Bertz CT molecular complexity index is 581. The Labute approximate surface area is 124 Å². The topological polar surface area (TPSA) is 111 Å². The highest BCUT2D eigenvalue weighted by Crippen LogP contribution is 2.18. The van der Waals surface area contributed by atoms with Crippen LogP contribution in [0, 0.1) is 13.8 Å². The summed E-state index contributed by atoms with van der Waals surface area (Å²) in [5.74, 6) is 0.222. The van der Waals surface area contributed by atoms with Crippen molar-refractivity contribution in [3.8, 4) is 0 Å². The van der Waals surface area contributed by atoms with E-state index in [1.165, 1.54) is 6.92 Å². The van der Waals surface area contributed by atoms with Gasteiger partial charge >= 0.3 is 6.09 Å². The fourth-order valence-corrected chi connectivity index (χ4v) is 2.95. The summed E-state index contributed by atoms with van der Waals surface area (Å²) >= 11 is 0. The van der Waals surface area contributed by atoms with Crippen LogP contribution in [0.25, 0.3) is 0 Å². The lowest BCUT2D eigenvalue weighted by atomic mass is 10.2. The Morgan fingerprint density at radius 2 is 1.90 bits per heavy atom. The van der Waals surface area contributed by atoms with Crippen molar-refractivity contribution in [2.24, 2.45) is 0 Å². The van der Waals surface area contributed by atoms with Gasteiger partial charge in [-0.2, -0.15) is 0 Å². The van der Waals surface area contributed by atoms with Crippen LogP contribution in [-0.4, -0.2) is 38.4 Å². The number of rotatable bonds is 5. The van der Waals surface area contributed by atoms with Crippen LogP contribution in [0.2, 0.25) is 0 Å². The maximum absolute atomic E-state index is 12.1. The van der Waals surface area contributed by atoms with Gasteiger partial charge in [-0.1, -0.05) is 5.16 Å². The van der Waals surface area contributed by atoms with E-state index in [2.05, 4.69) is 15.2 Å².